The van der Waals surface area contributed by atoms with Crippen LogP contribution < -0.4 is 0 Å². The zero-order valence-corrected chi connectivity index (χ0v) is 14.9. The van der Waals surface area contributed by atoms with Crippen LogP contribution in [-0.4, -0.2) is 22.6 Å². The SMILES string of the molecule is COC(=O)c1cc2c(Cl)cncc2n1Cc1c(C)cc(C)cc1C. The van der Waals surface area contributed by atoms with E-state index in [0.717, 1.165) is 10.9 Å². The highest BCUT2D eigenvalue weighted by molar-refractivity contribution is 6.35. The minimum Gasteiger partial charge on any atom is -0.464 e. The number of hydrogen-bond acceptors (Lipinski definition) is 3. The van der Waals surface area contributed by atoms with E-state index < -0.39 is 0 Å². The first-order valence-corrected chi connectivity index (χ1v) is 8.08. The van der Waals surface area contributed by atoms with Crippen molar-refractivity contribution in [3.63, 3.8) is 0 Å². The van der Waals surface area contributed by atoms with Gasteiger partial charge in [0.1, 0.15) is 5.69 Å². The van der Waals surface area contributed by atoms with Crippen LogP contribution >= 0.6 is 11.6 Å². The monoisotopic (exact) mass is 342 g/mol. The van der Waals surface area contributed by atoms with Crippen LogP contribution in [0.15, 0.2) is 30.6 Å². The fraction of sp³-hybridized carbons (Fsp3) is 0.263. The maximum Gasteiger partial charge on any atom is 0.354 e. The van der Waals surface area contributed by atoms with Crippen LogP contribution in [0.1, 0.15) is 32.7 Å². The summed E-state index contributed by atoms with van der Waals surface area (Å²) in [6, 6.07) is 6.07. The Balaban J connectivity index is 2.22. The number of aromatic nitrogens is 2. The summed E-state index contributed by atoms with van der Waals surface area (Å²) in [6.45, 7) is 6.82. The van der Waals surface area contributed by atoms with Crippen molar-refractivity contribution in [2.75, 3.05) is 7.11 Å². The van der Waals surface area contributed by atoms with Crippen molar-refractivity contribution >= 4 is 28.5 Å². The summed E-state index contributed by atoms with van der Waals surface area (Å²) in [6.07, 6.45) is 3.31. The largest absolute Gasteiger partial charge is 0.464 e. The number of carbonyl (C=O) groups is 1. The maximum atomic E-state index is 12.2. The van der Waals surface area contributed by atoms with E-state index >= 15 is 0 Å². The van der Waals surface area contributed by atoms with Gasteiger partial charge in [-0.15, -0.1) is 0 Å². The number of carbonyl (C=O) groups excluding carboxylic acids is 1. The van der Waals surface area contributed by atoms with Gasteiger partial charge in [-0.05, 0) is 43.5 Å². The lowest BCUT2D eigenvalue weighted by Crippen LogP contribution is -2.13. The second-order valence-electron chi connectivity index (χ2n) is 6.04. The Hall–Kier alpha value is -2.33. The Labute approximate surface area is 146 Å². The molecule has 0 N–H and O–H groups in total. The number of ether oxygens (including phenoxy) is 1. The van der Waals surface area contributed by atoms with E-state index in [1.54, 1.807) is 18.5 Å². The fourth-order valence-corrected chi connectivity index (χ4v) is 3.41. The molecule has 2 aromatic heterocycles. The van der Waals surface area contributed by atoms with E-state index in [1.807, 2.05) is 4.57 Å². The summed E-state index contributed by atoms with van der Waals surface area (Å²) in [5, 5.41) is 1.32. The number of rotatable bonds is 3. The molecule has 24 heavy (non-hydrogen) atoms. The van der Waals surface area contributed by atoms with Crippen LogP contribution in [0.2, 0.25) is 5.02 Å². The van der Waals surface area contributed by atoms with Gasteiger partial charge in [-0.25, -0.2) is 4.79 Å². The van der Waals surface area contributed by atoms with Crippen molar-refractivity contribution in [2.45, 2.75) is 27.3 Å². The first kappa shape index (κ1) is 16.5. The van der Waals surface area contributed by atoms with Gasteiger partial charge in [-0.3, -0.25) is 4.98 Å². The Kier molecular flexibility index (Phi) is 4.33. The minimum atomic E-state index is -0.385. The van der Waals surface area contributed by atoms with Gasteiger partial charge in [-0.2, -0.15) is 0 Å². The highest BCUT2D eigenvalue weighted by atomic mass is 35.5. The number of hydrogen-bond donors (Lipinski definition) is 0. The average Bonchev–Trinajstić information content (AvgIpc) is 2.90. The molecule has 0 aliphatic rings. The lowest BCUT2D eigenvalue weighted by atomic mass is 10.00. The number of methoxy groups -OCH3 is 1. The smallest absolute Gasteiger partial charge is 0.354 e. The van der Waals surface area contributed by atoms with Crippen LogP contribution in [0.3, 0.4) is 0 Å². The number of aryl methyl sites for hydroxylation is 3. The van der Waals surface area contributed by atoms with Gasteiger partial charge in [0.25, 0.3) is 0 Å². The summed E-state index contributed by atoms with van der Waals surface area (Å²) in [5.41, 5.74) is 6.09. The molecule has 5 heteroatoms. The van der Waals surface area contributed by atoms with Gasteiger partial charge in [0.05, 0.1) is 23.8 Å². The topological polar surface area (TPSA) is 44.1 Å². The van der Waals surface area contributed by atoms with Crippen molar-refractivity contribution in [1.29, 1.82) is 0 Å². The van der Waals surface area contributed by atoms with Gasteiger partial charge >= 0.3 is 5.97 Å². The predicted octanol–water partition coefficient (Wildman–Crippen LogP) is 4.45. The molecule has 0 radical (unpaired) electrons. The number of halogens is 1. The molecule has 0 unspecified atom stereocenters. The Morgan fingerprint density at radius 2 is 1.83 bits per heavy atom. The van der Waals surface area contributed by atoms with E-state index in [-0.39, 0.29) is 5.97 Å². The zero-order chi connectivity index (χ0) is 17.4. The molecule has 0 saturated heterocycles. The van der Waals surface area contributed by atoms with Crippen LogP contribution in [0.4, 0.5) is 0 Å². The quantitative estimate of drug-likeness (QED) is 0.660. The van der Waals surface area contributed by atoms with Gasteiger partial charge in [0, 0.05) is 18.1 Å². The van der Waals surface area contributed by atoms with Gasteiger partial charge < -0.3 is 9.30 Å². The second-order valence-corrected chi connectivity index (χ2v) is 6.45. The molecule has 0 aliphatic heterocycles. The number of nitrogens with zero attached hydrogens (tertiary/aromatic N) is 2. The van der Waals surface area contributed by atoms with Crippen molar-refractivity contribution < 1.29 is 9.53 Å². The van der Waals surface area contributed by atoms with E-state index in [0.29, 0.717) is 17.3 Å². The molecular formula is C19H19ClN2O2. The molecule has 0 spiro atoms. The Morgan fingerprint density at radius 1 is 1.17 bits per heavy atom. The van der Waals surface area contributed by atoms with Crippen LogP contribution in [0, 0.1) is 20.8 Å². The first-order chi connectivity index (χ1) is 11.4. The van der Waals surface area contributed by atoms with E-state index in [9.17, 15) is 4.79 Å². The summed E-state index contributed by atoms with van der Waals surface area (Å²) in [5.74, 6) is -0.385. The van der Waals surface area contributed by atoms with Crippen molar-refractivity contribution in [2.24, 2.45) is 0 Å². The van der Waals surface area contributed by atoms with Crippen molar-refractivity contribution in [1.82, 2.24) is 9.55 Å². The number of pyridine rings is 1. The number of benzene rings is 1. The third kappa shape index (κ3) is 2.78. The third-order valence-corrected chi connectivity index (χ3v) is 4.63. The van der Waals surface area contributed by atoms with Crippen LogP contribution in [0.25, 0.3) is 10.9 Å². The normalized spacial score (nSPS) is 11.0. The van der Waals surface area contributed by atoms with Gasteiger partial charge in [0.15, 0.2) is 0 Å². The summed E-state index contributed by atoms with van der Waals surface area (Å²) >= 11 is 6.25. The Bertz CT molecular complexity index is 921. The lowest BCUT2D eigenvalue weighted by Gasteiger charge is -2.15. The molecule has 0 amide bonds. The average molecular weight is 343 g/mol. The molecule has 0 fully saturated rings. The number of esters is 1. The van der Waals surface area contributed by atoms with E-state index in [4.69, 9.17) is 16.3 Å². The molecule has 124 valence electrons. The molecule has 3 rings (SSSR count). The molecule has 1 aromatic carbocycles. The van der Waals surface area contributed by atoms with Crippen molar-refractivity contribution in [3.05, 3.63) is 63.6 Å². The molecule has 3 aromatic rings. The fourth-order valence-electron chi connectivity index (χ4n) is 3.20. The third-order valence-electron chi connectivity index (χ3n) is 4.33. The molecule has 4 nitrogen and oxygen atoms in total. The summed E-state index contributed by atoms with van der Waals surface area (Å²) < 4.78 is 6.86. The Morgan fingerprint density at radius 3 is 2.46 bits per heavy atom. The molecule has 0 atom stereocenters. The first-order valence-electron chi connectivity index (χ1n) is 7.70. The number of fused-ring (bicyclic) bond motifs is 1. The standard InChI is InChI=1S/C19H19ClN2O2/c1-11-5-12(2)15(13(3)6-11)10-22-17(19(23)24-4)7-14-16(20)8-21-9-18(14)22/h5-9H,10H2,1-4H3. The van der Waals surface area contributed by atoms with Crippen LogP contribution in [-0.2, 0) is 11.3 Å². The molecule has 0 bridgehead atoms. The highest BCUT2D eigenvalue weighted by Crippen LogP contribution is 2.28. The molecule has 2 heterocycles. The molecule has 0 aliphatic carbocycles. The molecule has 0 saturated carbocycles. The minimum absolute atomic E-state index is 0.385. The summed E-state index contributed by atoms with van der Waals surface area (Å²) in [7, 11) is 1.38. The maximum absolute atomic E-state index is 12.2. The van der Waals surface area contributed by atoms with E-state index in [1.165, 1.54) is 29.4 Å². The second kappa shape index (κ2) is 6.29. The van der Waals surface area contributed by atoms with Gasteiger partial charge in [0.2, 0.25) is 0 Å². The zero-order valence-electron chi connectivity index (χ0n) is 14.2. The lowest BCUT2D eigenvalue weighted by molar-refractivity contribution is 0.0589. The summed E-state index contributed by atoms with van der Waals surface area (Å²) in [4.78, 5) is 16.4. The van der Waals surface area contributed by atoms with Gasteiger partial charge in [-0.1, -0.05) is 29.3 Å². The predicted molar refractivity (Wildman–Crippen MR) is 95.8 cm³/mol. The molecular weight excluding hydrogens is 324 g/mol. The highest BCUT2D eigenvalue weighted by Gasteiger charge is 2.19. The van der Waals surface area contributed by atoms with Crippen molar-refractivity contribution in [3.8, 4) is 0 Å². The van der Waals surface area contributed by atoms with Crippen LogP contribution in [0.5, 0.6) is 0 Å². The van der Waals surface area contributed by atoms with E-state index in [2.05, 4.69) is 37.9 Å².